The molecule has 0 aromatic heterocycles. The lowest BCUT2D eigenvalue weighted by Crippen LogP contribution is -2.38. The van der Waals surface area contributed by atoms with E-state index < -0.39 is 0 Å². The Hall–Kier alpha value is -0.570. The molecule has 0 aliphatic rings. The van der Waals surface area contributed by atoms with Crippen LogP contribution < -0.4 is 5.32 Å². The van der Waals surface area contributed by atoms with Crippen LogP contribution in [0.1, 0.15) is 40.0 Å². The van der Waals surface area contributed by atoms with Gasteiger partial charge in [-0.25, -0.2) is 0 Å². The summed E-state index contributed by atoms with van der Waals surface area (Å²) in [5.74, 6) is 0.221. The van der Waals surface area contributed by atoms with Gasteiger partial charge in [0.1, 0.15) is 0 Å². The summed E-state index contributed by atoms with van der Waals surface area (Å²) in [6, 6.07) is 0.479. The first kappa shape index (κ1) is 14.4. The molecular weight excluding hydrogens is 188 g/mol. The van der Waals surface area contributed by atoms with E-state index in [4.69, 9.17) is 0 Å². The molecular formula is C12H26N2O. The van der Waals surface area contributed by atoms with Crippen LogP contribution in [0.25, 0.3) is 0 Å². The number of nitrogens with one attached hydrogen (secondary N) is 1. The number of carbonyl (C=O) groups is 1. The predicted molar refractivity (Wildman–Crippen MR) is 64.8 cm³/mol. The van der Waals surface area contributed by atoms with Crippen LogP contribution in [0.15, 0.2) is 0 Å². The fourth-order valence-electron chi connectivity index (χ4n) is 1.69. The van der Waals surface area contributed by atoms with Crippen LogP contribution in [-0.4, -0.2) is 38.0 Å². The SMILES string of the molecule is CN[C@H](CCCC(=O)N(C)C)C(C)(C)C. The molecule has 0 heterocycles. The Labute approximate surface area is 94.2 Å². The Morgan fingerprint density at radius 1 is 1.33 bits per heavy atom. The molecule has 0 fully saturated rings. The highest BCUT2D eigenvalue weighted by Gasteiger charge is 2.22. The molecule has 0 unspecified atom stereocenters. The van der Waals surface area contributed by atoms with Crippen molar-refractivity contribution in [2.45, 2.75) is 46.1 Å². The number of rotatable bonds is 5. The first-order chi connectivity index (χ1) is 6.79. The van der Waals surface area contributed by atoms with Crippen molar-refractivity contribution in [2.24, 2.45) is 5.41 Å². The van der Waals surface area contributed by atoms with Gasteiger partial charge in [0.2, 0.25) is 5.91 Å². The summed E-state index contributed by atoms with van der Waals surface area (Å²) < 4.78 is 0. The Bertz CT molecular complexity index is 194. The highest BCUT2D eigenvalue weighted by Crippen LogP contribution is 2.23. The summed E-state index contributed by atoms with van der Waals surface area (Å²) in [4.78, 5) is 13.0. The second kappa shape index (κ2) is 6.11. The maximum absolute atomic E-state index is 11.4. The highest BCUT2D eigenvalue weighted by molar-refractivity contribution is 5.75. The minimum absolute atomic E-state index is 0.221. The van der Waals surface area contributed by atoms with Gasteiger partial charge in [0.25, 0.3) is 0 Å². The van der Waals surface area contributed by atoms with Crippen molar-refractivity contribution in [3.05, 3.63) is 0 Å². The van der Waals surface area contributed by atoms with Crippen LogP contribution in [0.5, 0.6) is 0 Å². The highest BCUT2D eigenvalue weighted by atomic mass is 16.2. The van der Waals surface area contributed by atoms with Gasteiger partial charge in [0.05, 0.1) is 0 Å². The van der Waals surface area contributed by atoms with E-state index in [-0.39, 0.29) is 11.3 Å². The molecule has 0 aromatic carbocycles. The number of amides is 1. The summed E-state index contributed by atoms with van der Waals surface area (Å²) >= 11 is 0. The van der Waals surface area contributed by atoms with Gasteiger partial charge in [-0.05, 0) is 25.3 Å². The van der Waals surface area contributed by atoms with Gasteiger partial charge < -0.3 is 10.2 Å². The quantitative estimate of drug-likeness (QED) is 0.758. The minimum atomic E-state index is 0.221. The van der Waals surface area contributed by atoms with Crippen molar-refractivity contribution in [1.82, 2.24) is 10.2 Å². The van der Waals surface area contributed by atoms with Gasteiger partial charge in [0.15, 0.2) is 0 Å². The number of hydrogen-bond acceptors (Lipinski definition) is 2. The third kappa shape index (κ3) is 5.78. The van der Waals surface area contributed by atoms with Gasteiger partial charge in [-0.2, -0.15) is 0 Å². The molecule has 1 N–H and O–H groups in total. The third-order valence-corrected chi connectivity index (χ3v) is 2.78. The molecule has 0 saturated heterocycles. The monoisotopic (exact) mass is 214 g/mol. The molecule has 3 heteroatoms. The maximum Gasteiger partial charge on any atom is 0.222 e. The zero-order chi connectivity index (χ0) is 12.1. The largest absolute Gasteiger partial charge is 0.349 e. The lowest BCUT2D eigenvalue weighted by Gasteiger charge is -2.30. The second-order valence-corrected chi connectivity index (χ2v) is 5.39. The molecule has 15 heavy (non-hydrogen) atoms. The average molecular weight is 214 g/mol. The summed E-state index contributed by atoms with van der Waals surface area (Å²) in [6.45, 7) is 6.67. The number of nitrogens with zero attached hydrogens (tertiary/aromatic N) is 1. The smallest absolute Gasteiger partial charge is 0.222 e. The zero-order valence-electron chi connectivity index (χ0n) is 11.1. The summed E-state index contributed by atoms with van der Waals surface area (Å²) in [5, 5.41) is 3.32. The van der Waals surface area contributed by atoms with Crippen LogP contribution in [0.2, 0.25) is 0 Å². The standard InChI is InChI=1S/C12H26N2O/c1-12(2,3)10(13-4)8-7-9-11(15)14(5)6/h10,13H,7-9H2,1-6H3/t10-/m1/s1. The van der Waals surface area contributed by atoms with Crippen molar-refractivity contribution in [1.29, 1.82) is 0 Å². The molecule has 3 nitrogen and oxygen atoms in total. The van der Waals surface area contributed by atoms with Crippen LogP contribution in [-0.2, 0) is 4.79 Å². The van der Waals surface area contributed by atoms with Crippen LogP contribution in [0.3, 0.4) is 0 Å². The van der Waals surface area contributed by atoms with Crippen molar-refractivity contribution in [3.63, 3.8) is 0 Å². The molecule has 0 aromatic rings. The van der Waals surface area contributed by atoms with E-state index >= 15 is 0 Å². The molecule has 1 amide bonds. The molecule has 0 saturated carbocycles. The summed E-state index contributed by atoms with van der Waals surface area (Å²) in [6.07, 6.45) is 2.67. The Kier molecular flexibility index (Phi) is 5.88. The lowest BCUT2D eigenvalue weighted by atomic mass is 9.84. The van der Waals surface area contributed by atoms with Crippen LogP contribution in [0.4, 0.5) is 0 Å². The van der Waals surface area contributed by atoms with E-state index in [0.717, 1.165) is 12.8 Å². The number of carbonyl (C=O) groups excluding carboxylic acids is 1. The third-order valence-electron chi connectivity index (χ3n) is 2.78. The minimum Gasteiger partial charge on any atom is -0.349 e. The van der Waals surface area contributed by atoms with Gasteiger partial charge in [-0.15, -0.1) is 0 Å². The van der Waals surface area contributed by atoms with E-state index in [1.165, 1.54) is 0 Å². The van der Waals surface area contributed by atoms with E-state index in [2.05, 4.69) is 26.1 Å². The normalized spacial score (nSPS) is 13.7. The van der Waals surface area contributed by atoms with Gasteiger partial charge >= 0.3 is 0 Å². The Morgan fingerprint density at radius 2 is 1.87 bits per heavy atom. The lowest BCUT2D eigenvalue weighted by molar-refractivity contribution is -0.128. The van der Waals surface area contributed by atoms with Gasteiger partial charge in [-0.3, -0.25) is 4.79 Å². The van der Waals surface area contributed by atoms with E-state index in [1.807, 2.05) is 21.1 Å². The average Bonchev–Trinajstić information content (AvgIpc) is 2.09. The van der Waals surface area contributed by atoms with Gasteiger partial charge in [-0.1, -0.05) is 20.8 Å². The van der Waals surface area contributed by atoms with Crippen molar-refractivity contribution in [3.8, 4) is 0 Å². The molecule has 0 aliphatic carbocycles. The molecule has 0 rings (SSSR count). The Balaban J connectivity index is 3.89. The molecule has 0 radical (unpaired) electrons. The Morgan fingerprint density at radius 3 is 2.20 bits per heavy atom. The first-order valence-electron chi connectivity index (χ1n) is 5.66. The predicted octanol–water partition coefficient (Wildman–Crippen LogP) is 1.88. The van der Waals surface area contributed by atoms with Crippen LogP contribution >= 0.6 is 0 Å². The molecule has 90 valence electrons. The molecule has 0 spiro atoms. The fourth-order valence-corrected chi connectivity index (χ4v) is 1.69. The zero-order valence-corrected chi connectivity index (χ0v) is 11.1. The van der Waals surface area contributed by atoms with Crippen LogP contribution in [0, 0.1) is 5.41 Å². The van der Waals surface area contributed by atoms with Crippen molar-refractivity contribution >= 4 is 5.91 Å². The van der Waals surface area contributed by atoms with E-state index in [9.17, 15) is 4.79 Å². The van der Waals surface area contributed by atoms with Crippen molar-refractivity contribution in [2.75, 3.05) is 21.1 Å². The maximum atomic E-state index is 11.4. The topological polar surface area (TPSA) is 32.3 Å². The first-order valence-corrected chi connectivity index (χ1v) is 5.66. The number of hydrogen-bond donors (Lipinski definition) is 1. The summed E-state index contributed by atoms with van der Waals surface area (Å²) in [5.41, 5.74) is 0.260. The van der Waals surface area contributed by atoms with E-state index in [1.54, 1.807) is 4.90 Å². The second-order valence-electron chi connectivity index (χ2n) is 5.39. The molecule has 0 bridgehead atoms. The molecule has 1 atom stereocenters. The molecule has 0 aliphatic heterocycles. The van der Waals surface area contributed by atoms with Gasteiger partial charge in [0, 0.05) is 26.6 Å². The summed E-state index contributed by atoms with van der Waals surface area (Å²) in [7, 11) is 5.60. The fraction of sp³-hybridized carbons (Fsp3) is 0.917. The van der Waals surface area contributed by atoms with Crippen molar-refractivity contribution < 1.29 is 4.79 Å². The van der Waals surface area contributed by atoms with E-state index in [0.29, 0.717) is 12.5 Å².